The normalized spacial score (nSPS) is 19.6. The van der Waals surface area contributed by atoms with Crippen molar-refractivity contribution in [2.75, 3.05) is 13.7 Å². The van der Waals surface area contributed by atoms with Gasteiger partial charge in [0.1, 0.15) is 5.75 Å². The predicted molar refractivity (Wildman–Crippen MR) is 74.4 cm³/mol. The van der Waals surface area contributed by atoms with Crippen LogP contribution in [0.5, 0.6) is 5.75 Å². The van der Waals surface area contributed by atoms with Crippen LogP contribution in [0.3, 0.4) is 0 Å². The highest BCUT2D eigenvalue weighted by atomic mass is 16.5. The molecule has 0 spiro atoms. The standard InChI is InChI=1S/C15H20N2O/c1-4-16-14-8-9-17-15(11(14)2)12-6-5-7-13(10-12)18-3/h4-7,10,15-17H,1,8-9H2,2-3H3. The minimum absolute atomic E-state index is 0.247. The molecule has 1 aromatic carbocycles. The number of benzene rings is 1. The van der Waals surface area contributed by atoms with Gasteiger partial charge in [0.25, 0.3) is 0 Å². The second-order valence-electron chi connectivity index (χ2n) is 4.42. The Hall–Kier alpha value is -1.74. The molecule has 0 fully saturated rings. The number of hydrogen-bond donors (Lipinski definition) is 2. The summed E-state index contributed by atoms with van der Waals surface area (Å²) in [6.07, 6.45) is 2.76. The van der Waals surface area contributed by atoms with Gasteiger partial charge in [-0.25, -0.2) is 0 Å². The Bertz CT molecular complexity index is 465. The van der Waals surface area contributed by atoms with Crippen molar-refractivity contribution in [3.63, 3.8) is 0 Å². The summed E-state index contributed by atoms with van der Waals surface area (Å²) in [5.74, 6) is 0.894. The van der Waals surface area contributed by atoms with E-state index in [1.54, 1.807) is 13.3 Å². The Balaban J connectivity index is 2.31. The van der Waals surface area contributed by atoms with Crippen molar-refractivity contribution in [1.82, 2.24) is 10.6 Å². The van der Waals surface area contributed by atoms with Crippen LogP contribution >= 0.6 is 0 Å². The first-order chi connectivity index (χ1) is 8.76. The van der Waals surface area contributed by atoms with E-state index in [0.29, 0.717) is 0 Å². The molecule has 1 atom stereocenters. The average Bonchev–Trinajstić information content (AvgIpc) is 2.41. The highest BCUT2D eigenvalue weighted by Crippen LogP contribution is 2.29. The maximum atomic E-state index is 5.28. The van der Waals surface area contributed by atoms with Crippen molar-refractivity contribution in [3.05, 3.63) is 53.9 Å². The van der Waals surface area contributed by atoms with Crippen LogP contribution in [-0.4, -0.2) is 13.7 Å². The fraction of sp³-hybridized carbons (Fsp3) is 0.333. The highest BCUT2D eigenvalue weighted by molar-refractivity contribution is 5.37. The summed E-state index contributed by atoms with van der Waals surface area (Å²) in [5.41, 5.74) is 3.81. The second-order valence-corrected chi connectivity index (χ2v) is 4.42. The largest absolute Gasteiger partial charge is 0.497 e. The van der Waals surface area contributed by atoms with Crippen LogP contribution < -0.4 is 15.4 Å². The molecule has 1 aliphatic rings. The van der Waals surface area contributed by atoms with Crippen LogP contribution in [-0.2, 0) is 0 Å². The maximum absolute atomic E-state index is 5.28. The van der Waals surface area contributed by atoms with Crippen LogP contribution in [0.4, 0.5) is 0 Å². The third-order valence-electron chi connectivity index (χ3n) is 3.34. The van der Waals surface area contributed by atoms with Gasteiger partial charge in [-0.15, -0.1) is 0 Å². The van der Waals surface area contributed by atoms with E-state index in [9.17, 15) is 0 Å². The molecule has 2 rings (SSSR count). The van der Waals surface area contributed by atoms with Gasteiger partial charge in [0.05, 0.1) is 13.2 Å². The van der Waals surface area contributed by atoms with Crippen molar-refractivity contribution in [2.45, 2.75) is 19.4 Å². The fourth-order valence-electron chi connectivity index (χ4n) is 2.36. The summed E-state index contributed by atoms with van der Waals surface area (Å²) >= 11 is 0. The van der Waals surface area contributed by atoms with Crippen LogP contribution in [0.2, 0.25) is 0 Å². The van der Waals surface area contributed by atoms with Crippen molar-refractivity contribution in [1.29, 1.82) is 0 Å². The molecule has 2 N–H and O–H groups in total. The summed E-state index contributed by atoms with van der Waals surface area (Å²) < 4.78 is 5.28. The molecule has 1 unspecified atom stereocenters. The minimum Gasteiger partial charge on any atom is -0.497 e. The van der Waals surface area contributed by atoms with Gasteiger partial charge in [0.2, 0.25) is 0 Å². The molecule has 0 aliphatic carbocycles. The minimum atomic E-state index is 0.247. The van der Waals surface area contributed by atoms with E-state index in [2.05, 4.69) is 36.3 Å². The highest BCUT2D eigenvalue weighted by Gasteiger charge is 2.20. The topological polar surface area (TPSA) is 33.3 Å². The lowest BCUT2D eigenvalue weighted by Gasteiger charge is -2.28. The first-order valence-electron chi connectivity index (χ1n) is 6.20. The lowest BCUT2D eigenvalue weighted by Crippen LogP contribution is -2.31. The van der Waals surface area contributed by atoms with Gasteiger partial charge in [0.15, 0.2) is 0 Å². The molecular formula is C15H20N2O. The van der Waals surface area contributed by atoms with Gasteiger partial charge in [-0.05, 0) is 42.8 Å². The summed E-state index contributed by atoms with van der Waals surface area (Å²) in [5, 5.41) is 6.77. The van der Waals surface area contributed by atoms with E-state index in [1.165, 1.54) is 16.8 Å². The SMILES string of the molecule is C=CNC1=C(C)C(c2cccc(OC)c2)NCC1. The van der Waals surface area contributed by atoms with E-state index in [1.807, 2.05) is 12.1 Å². The molecule has 18 heavy (non-hydrogen) atoms. The Morgan fingerprint density at radius 3 is 3.06 bits per heavy atom. The van der Waals surface area contributed by atoms with Gasteiger partial charge in [-0.2, -0.15) is 0 Å². The summed E-state index contributed by atoms with van der Waals surface area (Å²) in [6.45, 7) is 6.85. The molecule has 1 heterocycles. The maximum Gasteiger partial charge on any atom is 0.119 e. The first-order valence-corrected chi connectivity index (χ1v) is 6.20. The molecule has 1 aromatic rings. The van der Waals surface area contributed by atoms with E-state index in [0.717, 1.165) is 18.7 Å². The Morgan fingerprint density at radius 2 is 2.33 bits per heavy atom. The smallest absolute Gasteiger partial charge is 0.119 e. The number of nitrogens with one attached hydrogen (secondary N) is 2. The fourth-order valence-corrected chi connectivity index (χ4v) is 2.36. The molecular weight excluding hydrogens is 224 g/mol. The van der Waals surface area contributed by atoms with Crippen LogP contribution in [0.1, 0.15) is 24.9 Å². The van der Waals surface area contributed by atoms with Gasteiger partial charge in [0, 0.05) is 12.2 Å². The molecule has 96 valence electrons. The van der Waals surface area contributed by atoms with Crippen LogP contribution in [0.25, 0.3) is 0 Å². The number of ether oxygens (including phenoxy) is 1. The third-order valence-corrected chi connectivity index (χ3v) is 3.34. The number of hydrogen-bond acceptors (Lipinski definition) is 3. The molecule has 0 saturated carbocycles. The zero-order valence-electron chi connectivity index (χ0n) is 11.0. The van der Waals surface area contributed by atoms with Gasteiger partial charge >= 0.3 is 0 Å². The third kappa shape index (κ3) is 2.57. The van der Waals surface area contributed by atoms with Crippen LogP contribution in [0.15, 0.2) is 48.3 Å². The Labute approximate surface area is 109 Å². The molecule has 1 aliphatic heterocycles. The molecule has 0 radical (unpaired) electrons. The molecule has 0 amide bonds. The summed E-state index contributed by atoms with van der Waals surface area (Å²) in [7, 11) is 1.70. The molecule has 0 aromatic heterocycles. The van der Waals surface area contributed by atoms with Crippen molar-refractivity contribution in [2.24, 2.45) is 0 Å². The lowest BCUT2D eigenvalue weighted by molar-refractivity contribution is 0.413. The second kappa shape index (κ2) is 5.74. The summed E-state index contributed by atoms with van der Waals surface area (Å²) in [4.78, 5) is 0. The molecule has 3 heteroatoms. The Morgan fingerprint density at radius 1 is 1.50 bits per heavy atom. The summed E-state index contributed by atoms with van der Waals surface area (Å²) in [6, 6.07) is 8.45. The van der Waals surface area contributed by atoms with Crippen LogP contribution in [0, 0.1) is 0 Å². The average molecular weight is 244 g/mol. The lowest BCUT2D eigenvalue weighted by atomic mass is 9.94. The van der Waals surface area contributed by atoms with E-state index in [-0.39, 0.29) is 6.04 Å². The van der Waals surface area contributed by atoms with Gasteiger partial charge in [-0.1, -0.05) is 18.7 Å². The molecule has 0 bridgehead atoms. The van der Waals surface area contributed by atoms with Crippen molar-refractivity contribution < 1.29 is 4.74 Å². The van der Waals surface area contributed by atoms with E-state index >= 15 is 0 Å². The van der Waals surface area contributed by atoms with Crippen molar-refractivity contribution in [3.8, 4) is 5.75 Å². The van der Waals surface area contributed by atoms with Gasteiger partial charge < -0.3 is 15.4 Å². The quantitative estimate of drug-likeness (QED) is 0.854. The first kappa shape index (κ1) is 12.7. The predicted octanol–water partition coefficient (Wildman–Crippen LogP) is 2.74. The van der Waals surface area contributed by atoms with E-state index < -0.39 is 0 Å². The van der Waals surface area contributed by atoms with Gasteiger partial charge in [-0.3, -0.25) is 0 Å². The zero-order chi connectivity index (χ0) is 13.0. The monoisotopic (exact) mass is 244 g/mol. The van der Waals surface area contributed by atoms with Crippen molar-refractivity contribution >= 4 is 0 Å². The van der Waals surface area contributed by atoms with E-state index in [4.69, 9.17) is 4.74 Å². The number of methoxy groups -OCH3 is 1. The zero-order valence-corrected chi connectivity index (χ0v) is 11.0. The number of rotatable bonds is 4. The molecule has 3 nitrogen and oxygen atoms in total. The Kier molecular flexibility index (Phi) is 4.05. The molecule has 0 saturated heterocycles.